The van der Waals surface area contributed by atoms with Crippen LogP contribution in [0.25, 0.3) is 0 Å². The van der Waals surface area contributed by atoms with Gasteiger partial charge in [-0.05, 0) is 21.1 Å². The summed E-state index contributed by atoms with van der Waals surface area (Å²) < 4.78 is 0.197. The van der Waals surface area contributed by atoms with Crippen molar-refractivity contribution in [2.24, 2.45) is 5.10 Å². The molecule has 1 heterocycles. The monoisotopic (exact) mass is 327 g/mol. The fraction of sp³-hybridized carbons (Fsp3) is 0. The summed E-state index contributed by atoms with van der Waals surface area (Å²) in [7, 11) is 0. The van der Waals surface area contributed by atoms with E-state index < -0.39 is 4.92 Å². The molecule has 0 bridgehead atoms. The van der Waals surface area contributed by atoms with Gasteiger partial charge in [-0.2, -0.15) is 10.3 Å². The number of halogens is 1. The van der Waals surface area contributed by atoms with E-state index in [9.17, 15) is 15.2 Å². The zero-order valence-electron chi connectivity index (χ0n) is 9.11. The van der Waals surface area contributed by atoms with Crippen molar-refractivity contribution in [2.45, 2.75) is 0 Å². The van der Waals surface area contributed by atoms with Crippen molar-refractivity contribution in [1.29, 1.82) is 0 Å². The number of tetrazole rings is 1. The number of aromatic hydroxyl groups is 1. The molecule has 0 amide bonds. The molecule has 0 aliphatic heterocycles. The van der Waals surface area contributed by atoms with Crippen molar-refractivity contribution in [1.82, 2.24) is 20.6 Å². The number of hydrogen-bond acceptors (Lipinski definition) is 8. The van der Waals surface area contributed by atoms with Crippen LogP contribution >= 0.6 is 15.9 Å². The molecule has 98 valence electrons. The van der Waals surface area contributed by atoms with E-state index in [4.69, 9.17) is 0 Å². The first kappa shape index (κ1) is 12.9. The Morgan fingerprint density at radius 2 is 2.37 bits per heavy atom. The Labute approximate surface area is 113 Å². The molecule has 2 rings (SSSR count). The third-order valence-electron chi connectivity index (χ3n) is 2.00. The lowest BCUT2D eigenvalue weighted by Crippen LogP contribution is -1.95. The van der Waals surface area contributed by atoms with Gasteiger partial charge in [-0.25, -0.2) is 5.43 Å². The number of H-pyrrole nitrogens is 1. The van der Waals surface area contributed by atoms with Crippen LogP contribution in [-0.2, 0) is 0 Å². The number of anilines is 1. The number of non-ortho nitro benzene ring substituents is 1. The van der Waals surface area contributed by atoms with E-state index in [1.807, 2.05) is 0 Å². The third-order valence-corrected chi connectivity index (χ3v) is 2.61. The van der Waals surface area contributed by atoms with Gasteiger partial charge in [0.2, 0.25) is 0 Å². The average molecular weight is 328 g/mol. The molecule has 0 fully saturated rings. The lowest BCUT2D eigenvalue weighted by atomic mass is 10.2. The van der Waals surface area contributed by atoms with Gasteiger partial charge in [0.15, 0.2) is 0 Å². The van der Waals surface area contributed by atoms with Crippen LogP contribution in [0.3, 0.4) is 0 Å². The summed E-state index contributed by atoms with van der Waals surface area (Å²) in [6.07, 6.45) is 1.20. The van der Waals surface area contributed by atoms with Crippen LogP contribution in [0.15, 0.2) is 21.7 Å². The summed E-state index contributed by atoms with van der Waals surface area (Å²) in [4.78, 5) is 10.1. The number of phenolic OH excluding ortho intramolecular Hbond substituents is 1. The predicted octanol–water partition coefficient (Wildman–Crippen LogP) is 1.02. The van der Waals surface area contributed by atoms with E-state index in [0.29, 0.717) is 0 Å². The number of phenols is 1. The van der Waals surface area contributed by atoms with Gasteiger partial charge in [0.1, 0.15) is 5.75 Å². The Kier molecular flexibility index (Phi) is 3.66. The van der Waals surface area contributed by atoms with Crippen LogP contribution in [0.1, 0.15) is 5.56 Å². The highest BCUT2D eigenvalue weighted by Crippen LogP contribution is 2.31. The summed E-state index contributed by atoms with van der Waals surface area (Å²) in [5, 5.41) is 36.8. The molecule has 1 aromatic heterocycles. The van der Waals surface area contributed by atoms with Crippen molar-refractivity contribution >= 4 is 33.8 Å². The molecule has 10 nitrogen and oxygen atoms in total. The smallest absolute Gasteiger partial charge is 0.283 e. The molecular weight excluding hydrogens is 322 g/mol. The molecule has 0 radical (unpaired) electrons. The van der Waals surface area contributed by atoms with Gasteiger partial charge < -0.3 is 5.11 Å². The van der Waals surface area contributed by atoms with Crippen LogP contribution in [-0.4, -0.2) is 36.9 Å². The molecule has 0 saturated heterocycles. The molecule has 0 saturated carbocycles. The molecule has 19 heavy (non-hydrogen) atoms. The zero-order valence-corrected chi connectivity index (χ0v) is 10.7. The van der Waals surface area contributed by atoms with Crippen LogP contribution in [0.5, 0.6) is 5.75 Å². The van der Waals surface area contributed by atoms with Gasteiger partial charge in [0.05, 0.1) is 15.6 Å². The van der Waals surface area contributed by atoms with Crippen molar-refractivity contribution in [2.75, 3.05) is 5.43 Å². The molecule has 11 heteroatoms. The zero-order chi connectivity index (χ0) is 13.8. The summed E-state index contributed by atoms with van der Waals surface area (Å²) >= 11 is 3.02. The molecule has 2 aromatic rings. The van der Waals surface area contributed by atoms with Gasteiger partial charge in [0, 0.05) is 17.7 Å². The predicted molar refractivity (Wildman–Crippen MR) is 67.9 cm³/mol. The summed E-state index contributed by atoms with van der Waals surface area (Å²) in [6, 6.07) is 2.38. The van der Waals surface area contributed by atoms with Gasteiger partial charge in [-0.3, -0.25) is 10.1 Å². The topological polar surface area (TPSA) is 142 Å². The maximum absolute atomic E-state index is 10.7. The number of aromatic amines is 1. The second kappa shape index (κ2) is 5.39. The number of hydrazone groups is 1. The Morgan fingerprint density at radius 3 is 3.00 bits per heavy atom. The molecule has 0 spiro atoms. The van der Waals surface area contributed by atoms with Gasteiger partial charge in [-0.1, -0.05) is 5.10 Å². The van der Waals surface area contributed by atoms with Gasteiger partial charge in [0.25, 0.3) is 11.6 Å². The van der Waals surface area contributed by atoms with Crippen molar-refractivity contribution in [3.63, 3.8) is 0 Å². The Morgan fingerprint density at radius 1 is 1.58 bits per heavy atom. The molecule has 3 N–H and O–H groups in total. The van der Waals surface area contributed by atoms with E-state index in [2.05, 4.69) is 47.1 Å². The summed E-state index contributed by atoms with van der Waals surface area (Å²) in [5.41, 5.74) is 2.41. The quantitative estimate of drug-likeness (QED) is 0.432. The van der Waals surface area contributed by atoms with Gasteiger partial charge >= 0.3 is 0 Å². The first-order chi connectivity index (χ1) is 9.08. The van der Waals surface area contributed by atoms with Crippen LogP contribution in [0.2, 0.25) is 0 Å². The van der Waals surface area contributed by atoms with Crippen LogP contribution in [0.4, 0.5) is 11.6 Å². The van der Waals surface area contributed by atoms with E-state index in [-0.39, 0.29) is 27.4 Å². The van der Waals surface area contributed by atoms with E-state index in [1.54, 1.807) is 0 Å². The maximum atomic E-state index is 10.7. The van der Waals surface area contributed by atoms with E-state index in [0.717, 1.165) is 0 Å². The third kappa shape index (κ3) is 3.01. The number of rotatable bonds is 4. The number of aromatic nitrogens is 4. The number of benzene rings is 1. The summed E-state index contributed by atoms with van der Waals surface area (Å²) in [6.45, 7) is 0. The normalized spacial score (nSPS) is 10.8. The average Bonchev–Trinajstić information content (AvgIpc) is 2.87. The van der Waals surface area contributed by atoms with Crippen molar-refractivity contribution < 1.29 is 10.0 Å². The standard InChI is InChI=1S/C8H6BrN7O3/c9-6-2-5(16(18)19)1-4(7(6)17)3-10-11-8-12-14-15-13-8/h1-3,17H,(H2,11,12,13,14,15)/b10-3-. The summed E-state index contributed by atoms with van der Waals surface area (Å²) in [5.74, 6) is -0.0375. The second-order valence-corrected chi connectivity index (χ2v) is 4.08. The van der Waals surface area contributed by atoms with E-state index in [1.165, 1.54) is 18.3 Å². The number of nitro benzene ring substituents is 1. The lowest BCUT2D eigenvalue weighted by Gasteiger charge is -2.01. The second-order valence-electron chi connectivity index (χ2n) is 3.23. The SMILES string of the molecule is O=[N+]([O-])c1cc(Br)c(O)c(/C=N\Nc2nn[nH]n2)c1. The highest BCUT2D eigenvalue weighted by atomic mass is 79.9. The van der Waals surface area contributed by atoms with E-state index >= 15 is 0 Å². The first-order valence-electron chi connectivity index (χ1n) is 4.77. The number of nitrogens with zero attached hydrogens (tertiary/aromatic N) is 5. The highest BCUT2D eigenvalue weighted by Gasteiger charge is 2.13. The molecule has 0 aliphatic carbocycles. The fourth-order valence-electron chi connectivity index (χ4n) is 1.18. The van der Waals surface area contributed by atoms with Crippen LogP contribution in [0, 0.1) is 10.1 Å². The molecule has 1 aromatic carbocycles. The largest absolute Gasteiger partial charge is 0.506 e. The minimum Gasteiger partial charge on any atom is -0.506 e. The molecule has 0 unspecified atom stereocenters. The van der Waals surface area contributed by atoms with Crippen molar-refractivity contribution in [3.05, 3.63) is 32.3 Å². The van der Waals surface area contributed by atoms with Gasteiger partial charge in [-0.15, -0.1) is 5.10 Å². The minimum atomic E-state index is -0.575. The Bertz CT molecular complexity index is 628. The maximum Gasteiger partial charge on any atom is 0.283 e. The van der Waals surface area contributed by atoms with Crippen LogP contribution < -0.4 is 5.43 Å². The number of nitrogens with one attached hydrogen (secondary N) is 2. The minimum absolute atomic E-state index is 0.125. The van der Waals surface area contributed by atoms with Crippen molar-refractivity contribution in [3.8, 4) is 5.75 Å². The molecule has 0 aliphatic rings. The first-order valence-corrected chi connectivity index (χ1v) is 5.56. The molecule has 0 atom stereocenters. The Balaban J connectivity index is 2.23. The number of hydrogen-bond donors (Lipinski definition) is 3. The fourth-order valence-corrected chi connectivity index (χ4v) is 1.64. The lowest BCUT2D eigenvalue weighted by molar-refractivity contribution is -0.385. The number of nitro groups is 1. The highest BCUT2D eigenvalue weighted by molar-refractivity contribution is 9.10. The molecular formula is C8H6BrN7O3. The Hall–Kier alpha value is -2.56.